The number of nitrogens with zero attached hydrogens (tertiary/aromatic N) is 3. The normalized spacial score (nSPS) is 15.5. The van der Waals surface area contributed by atoms with Crippen molar-refractivity contribution >= 4 is 11.6 Å². The summed E-state index contributed by atoms with van der Waals surface area (Å²) in [7, 11) is 3.13. The Hall–Kier alpha value is -3.46. The van der Waals surface area contributed by atoms with Crippen LogP contribution in [-0.4, -0.2) is 25.1 Å². The molecular formula is C20H20N4O2. The van der Waals surface area contributed by atoms with Gasteiger partial charge in [-0.25, -0.2) is 4.99 Å². The minimum Gasteiger partial charge on any atom is -0.493 e. The van der Waals surface area contributed by atoms with Gasteiger partial charge in [0, 0.05) is 23.7 Å². The second-order valence-corrected chi connectivity index (χ2v) is 5.89. The minimum absolute atomic E-state index is 0.329. The molecule has 0 saturated heterocycles. The molecule has 0 radical (unpaired) electrons. The van der Waals surface area contributed by atoms with E-state index in [1.54, 1.807) is 20.3 Å². The Balaban J connectivity index is 2.12. The van der Waals surface area contributed by atoms with Crippen molar-refractivity contribution in [3.63, 3.8) is 0 Å². The number of ether oxygens (including phenoxy) is 2. The first-order valence-electron chi connectivity index (χ1n) is 8.08. The average Bonchev–Trinajstić information content (AvgIpc) is 2.67. The zero-order valence-corrected chi connectivity index (χ0v) is 14.8. The Bertz CT molecular complexity index is 900. The van der Waals surface area contributed by atoms with Gasteiger partial charge in [0.25, 0.3) is 0 Å². The number of benzene rings is 2. The van der Waals surface area contributed by atoms with Gasteiger partial charge in [-0.15, -0.1) is 0 Å². The van der Waals surface area contributed by atoms with Gasteiger partial charge < -0.3 is 20.1 Å². The average molecular weight is 348 g/mol. The van der Waals surface area contributed by atoms with Crippen molar-refractivity contribution in [3.05, 3.63) is 65.7 Å². The molecule has 6 nitrogen and oxygen atoms in total. The highest BCUT2D eigenvalue weighted by molar-refractivity contribution is 5.86. The molecule has 1 unspecified atom stereocenters. The van der Waals surface area contributed by atoms with Crippen LogP contribution >= 0.6 is 0 Å². The van der Waals surface area contributed by atoms with Gasteiger partial charge in [0.15, 0.2) is 17.5 Å². The number of fused-ring (bicyclic) bond motifs is 1. The number of hydrogen-bond donors (Lipinski definition) is 1. The number of methoxy groups -OCH3 is 2. The van der Waals surface area contributed by atoms with Gasteiger partial charge in [0.05, 0.1) is 32.0 Å². The summed E-state index contributed by atoms with van der Waals surface area (Å²) < 4.78 is 10.8. The van der Waals surface area contributed by atoms with E-state index in [1.807, 2.05) is 41.3 Å². The van der Waals surface area contributed by atoms with Crippen LogP contribution in [0.1, 0.15) is 17.2 Å². The molecule has 26 heavy (non-hydrogen) atoms. The number of rotatable bonds is 5. The van der Waals surface area contributed by atoms with E-state index < -0.39 is 6.04 Å². The van der Waals surface area contributed by atoms with Crippen LogP contribution in [0.4, 0.5) is 5.69 Å². The van der Waals surface area contributed by atoms with E-state index in [4.69, 9.17) is 15.2 Å². The maximum atomic E-state index is 9.50. The molecule has 0 saturated carbocycles. The van der Waals surface area contributed by atoms with E-state index in [-0.39, 0.29) is 0 Å². The molecule has 0 bridgehead atoms. The quantitative estimate of drug-likeness (QED) is 0.838. The fourth-order valence-corrected chi connectivity index (χ4v) is 3.08. The van der Waals surface area contributed by atoms with Crippen molar-refractivity contribution in [1.82, 2.24) is 4.90 Å². The summed E-state index contributed by atoms with van der Waals surface area (Å²) in [5, 5.41) is 9.50. The van der Waals surface area contributed by atoms with E-state index in [1.165, 1.54) is 0 Å². The topological polar surface area (TPSA) is 83.9 Å². The maximum absolute atomic E-state index is 9.50. The molecule has 0 aliphatic carbocycles. The summed E-state index contributed by atoms with van der Waals surface area (Å²) in [4.78, 5) is 6.38. The minimum atomic E-state index is -0.424. The molecule has 1 aliphatic heterocycles. The summed E-state index contributed by atoms with van der Waals surface area (Å²) in [6.07, 6.45) is 0. The number of nitriles is 1. The van der Waals surface area contributed by atoms with Crippen molar-refractivity contribution in [2.45, 2.75) is 12.6 Å². The maximum Gasteiger partial charge on any atom is 0.197 e. The van der Waals surface area contributed by atoms with Crippen LogP contribution < -0.4 is 15.2 Å². The van der Waals surface area contributed by atoms with Crippen molar-refractivity contribution in [2.24, 2.45) is 10.7 Å². The standard InChI is InChI=1S/C20H20N4O2/c1-13(11-21)19-15-9-17(25-2)18(26-3)10-16(15)23-20(22)24(19)12-14-7-5-4-6-8-14/h4-10,19H,1,12H2,2-3H3,(H2,22,23). The molecule has 0 fully saturated rings. The van der Waals surface area contributed by atoms with E-state index in [2.05, 4.69) is 17.6 Å². The molecule has 0 aromatic heterocycles. The van der Waals surface area contributed by atoms with Crippen LogP contribution in [0.3, 0.4) is 0 Å². The van der Waals surface area contributed by atoms with Crippen LogP contribution in [0, 0.1) is 11.3 Å². The van der Waals surface area contributed by atoms with Gasteiger partial charge >= 0.3 is 0 Å². The highest BCUT2D eigenvalue weighted by Crippen LogP contribution is 2.44. The Morgan fingerprint density at radius 1 is 1.23 bits per heavy atom. The molecule has 6 heteroatoms. The van der Waals surface area contributed by atoms with E-state index in [9.17, 15) is 5.26 Å². The first kappa shape index (κ1) is 17.4. The highest BCUT2D eigenvalue weighted by atomic mass is 16.5. The molecule has 132 valence electrons. The molecule has 1 heterocycles. The van der Waals surface area contributed by atoms with Crippen LogP contribution in [-0.2, 0) is 6.54 Å². The summed E-state index contributed by atoms with van der Waals surface area (Å²) in [5.41, 5.74) is 9.13. The van der Waals surface area contributed by atoms with Gasteiger partial charge in [-0.3, -0.25) is 0 Å². The zero-order valence-electron chi connectivity index (χ0n) is 14.8. The van der Waals surface area contributed by atoms with Crippen molar-refractivity contribution in [3.8, 4) is 17.6 Å². The lowest BCUT2D eigenvalue weighted by Crippen LogP contribution is -2.42. The van der Waals surface area contributed by atoms with Gasteiger partial charge in [0.2, 0.25) is 0 Å². The van der Waals surface area contributed by atoms with Crippen LogP contribution in [0.5, 0.6) is 11.5 Å². The van der Waals surface area contributed by atoms with Crippen molar-refractivity contribution in [1.29, 1.82) is 5.26 Å². The third kappa shape index (κ3) is 3.07. The second kappa shape index (κ2) is 7.19. The Morgan fingerprint density at radius 2 is 1.88 bits per heavy atom. The molecule has 1 aliphatic rings. The first-order chi connectivity index (χ1) is 12.6. The molecule has 0 spiro atoms. The number of hydrogen-bond acceptors (Lipinski definition) is 6. The Kier molecular flexibility index (Phi) is 4.81. The molecule has 3 rings (SSSR count). The molecular weight excluding hydrogens is 328 g/mol. The summed E-state index contributed by atoms with van der Waals surface area (Å²) in [6, 6.07) is 15.2. The molecule has 2 N–H and O–H groups in total. The summed E-state index contributed by atoms with van der Waals surface area (Å²) >= 11 is 0. The van der Waals surface area contributed by atoms with Gasteiger partial charge in [-0.1, -0.05) is 36.9 Å². The van der Waals surface area contributed by atoms with E-state index in [0.29, 0.717) is 35.3 Å². The van der Waals surface area contributed by atoms with E-state index in [0.717, 1.165) is 11.1 Å². The lowest BCUT2D eigenvalue weighted by atomic mass is 9.94. The predicted octanol–water partition coefficient (Wildman–Crippen LogP) is 3.29. The van der Waals surface area contributed by atoms with Gasteiger partial charge in [-0.2, -0.15) is 5.26 Å². The van der Waals surface area contributed by atoms with Gasteiger partial charge in [0.1, 0.15) is 0 Å². The summed E-state index contributed by atoms with van der Waals surface area (Å²) in [6.45, 7) is 4.44. The molecule has 2 aromatic carbocycles. The summed E-state index contributed by atoms with van der Waals surface area (Å²) in [5.74, 6) is 1.45. The van der Waals surface area contributed by atoms with Crippen LogP contribution in [0.2, 0.25) is 0 Å². The highest BCUT2D eigenvalue weighted by Gasteiger charge is 2.32. The largest absolute Gasteiger partial charge is 0.493 e. The van der Waals surface area contributed by atoms with Crippen molar-refractivity contribution in [2.75, 3.05) is 14.2 Å². The third-order valence-electron chi connectivity index (χ3n) is 4.34. The lowest BCUT2D eigenvalue weighted by Gasteiger charge is -2.36. The Morgan fingerprint density at radius 3 is 2.50 bits per heavy atom. The zero-order chi connectivity index (χ0) is 18.7. The van der Waals surface area contributed by atoms with Crippen LogP contribution in [0.25, 0.3) is 0 Å². The predicted molar refractivity (Wildman–Crippen MR) is 100 cm³/mol. The third-order valence-corrected chi connectivity index (χ3v) is 4.34. The monoisotopic (exact) mass is 348 g/mol. The lowest BCUT2D eigenvalue weighted by molar-refractivity contribution is 0.333. The molecule has 0 amide bonds. The van der Waals surface area contributed by atoms with Gasteiger partial charge in [-0.05, 0) is 11.6 Å². The fourth-order valence-electron chi connectivity index (χ4n) is 3.08. The SMILES string of the molecule is C=C(C#N)C1c2cc(OC)c(OC)cc2N=C(N)N1Cc1ccccc1. The molecule has 2 aromatic rings. The van der Waals surface area contributed by atoms with Crippen molar-refractivity contribution < 1.29 is 9.47 Å². The number of nitrogens with two attached hydrogens (primary N) is 1. The number of aliphatic imine (C=N–C) groups is 1. The first-order valence-corrected chi connectivity index (χ1v) is 8.08. The smallest absolute Gasteiger partial charge is 0.197 e. The number of guanidine groups is 1. The van der Waals surface area contributed by atoms with Crippen LogP contribution in [0.15, 0.2) is 59.6 Å². The fraction of sp³-hybridized carbons (Fsp3) is 0.200. The second-order valence-electron chi connectivity index (χ2n) is 5.89. The van der Waals surface area contributed by atoms with E-state index >= 15 is 0 Å². The Labute approximate surface area is 152 Å². The molecule has 1 atom stereocenters.